The third-order valence-corrected chi connectivity index (χ3v) is 4.37. The van der Waals surface area contributed by atoms with Crippen molar-refractivity contribution >= 4 is 45.1 Å². The molecule has 6 heteroatoms. The van der Waals surface area contributed by atoms with E-state index in [0.29, 0.717) is 25.8 Å². The van der Waals surface area contributed by atoms with E-state index in [9.17, 15) is 9.90 Å². The molecule has 2 aromatic rings. The Kier molecular flexibility index (Phi) is 5.51. The van der Waals surface area contributed by atoms with Gasteiger partial charge in [0.1, 0.15) is 18.3 Å². The normalized spacial score (nSPS) is 12.0. The number of carboxylic acid groups (broad SMARTS) is 1. The molecule has 110 valence electrons. The molecule has 0 radical (unpaired) electrons. The van der Waals surface area contributed by atoms with Gasteiger partial charge in [-0.3, -0.25) is 4.79 Å². The lowest BCUT2D eigenvalue weighted by Crippen LogP contribution is -2.19. The standard InChI is InChI=1S/C15H11BrCl2O3/c16-11-6-13(18)14(7-12(11)17)21-8-10(15(19)20)9-4-2-1-3-5-9/h1-7,10H,8H2,(H,19,20). The van der Waals surface area contributed by atoms with E-state index in [1.165, 1.54) is 0 Å². The molecule has 21 heavy (non-hydrogen) atoms. The topological polar surface area (TPSA) is 46.5 Å². The van der Waals surface area contributed by atoms with Crippen LogP contribution in [0.2, 0.25) is 10.0 Å². The Labute approximate surface area is 140 Å². The zero-order valence-electron chi connectivity index (χ0n) is 10.7. The highest BCUT2D eigenvalue weighted by Gasteiger charge is 2.21. The molecule has 0 aromatic heterocycles. The predicted molar refractivity (Wildman–Crippen MR) is 86.5 cm³/mol. The molecular formula is C15H11BrCl2O3. The number of rotatable bonds is 5. The molecule has 0 aliphatic heterocycles. The highest BCUT2D eigenvalue weighted by atomic mass is 79.9. The van der Waals surface area contributed by atoms with Gasteiger partial charge in [-0.05, 0) is 27.6 Å². The van der Waals surface area contributed by atoms with Crippen LogP contribution in [0.1, 0.15) is 11.5 Å². The van der Waals surface area contributed by atoms with Crippen molar-refractivity contribution in [3.63, 3.8) is 0 Å². The third kappa shape index (κ3) is 4.13. The molecule has 0 saturated carbocycles. The van der Waals surface area contributed by atoms with E-state index in [2.05, 4.69) is 15.9 Å². The van der Waals surface area contributed by atoms with Crippen molar-refractivity contribution in [1.82, 2.24) is 0 Å². The van der Waals surface area contributed by atoms with Gasteiger partial charge in [0.25, 0.3) is 0 Å². The van der Waals surface area contributed by atoms with Crippen LogP contribution >= 0.6 is 39.1 Å². The average molecular weight is 390 g/mol. The molecule has 0 saturated heterocycles. The van der Waals surface area contributed by atoms with E-state index in [1.807, 2.05) is 6.07 Å². The molecule has 1 unspecified atom stereocenters. The van der Waals surface area contributed by atoms with Crippen molar-refractivity contribution in [2.24, 2.45) is 0 Å². The van der Waals surface area contributed by atoms with Crippen molar-refractivity contribution in [1.29, 1.82) is 0 Å². The lowest BCUT2D eigenvalue weighted by molar-refractivity contribution is -0.139. The molecule has 0 fully saturated rings. The van der Waals surface area contributed by atoms with Crippen molar-refractivity contribution in [2.75, 3.05) is 6.61 Å². The van der Waals surface area contributed by atoms with Crippen LogP contribution < -0.4 is 4.74 Å². The van der Waals surface area contributed by atoms with Gasteiger partial charge < -0.3 is 9.84 Å². The van der Waals surface area contributed by atoms with Crippen molar-refractivity contribution in [2.45, 2.75) is 5.92 Å². The minimum absolute atomic E-state index is 0.0307. The number of aliphatic carboxylic acids is 1. The highest BCUT2D eigenvalue weighted by molar-refractivity contribution is 9.10. The second-order valence-electron chi connectivity index (χ2n) is 4.31. The second-order valence-corrected chi connectivity index (χ2v) is 5.98. The molecule has 2 aromatic carbocycles. The van der Waals surface area contributed by atoms with Crippen LogP contribution in [0.15, 0.2) is 46.9 Å². The zero-order valence-corrected chi connectivity index (χ0v) is 13.8. The molecule has 0 heterocycles. The van der Waals surface area contributed by atoms with E-state index < -0.39 is 11.9 Å². The van der Waals surface area contributed by atoms with E-state index in [1.54, 1.807) is 36.4 Å². The predicted octanol–water partition coefficient (Wildman–Crippen LogP) is 5.00. The third-order valence-electron chi connectivity index (χ3n) is 2.88. The first kappa shape index (κ1) is 16.1. The van der Waals surface area contributed by atoms with Gasteiger partial charge in [0.2, 0.25) is 0 Å². The number of benzene rings is 2. The Hall–Kier alpha value is -1.23. The maximum atomic E-state index is 11.4. The Morgan fingerprint density at radius 1 is 1.19 bits per heavy atom. The van der Waals surface area contributed by atoms with Gasteiger partial charge in [0, 0.05) is 10.5 Å². The summed E-state index contributed by atoms with van der Waals surface area (Å²) < 4.78 is 6.18. The summed E-state index contributed by atoms with van der Waals surface area (Å²) >= 11 is 15.3. The second kappa shape index (κ2) is 7.16. The van der Waals surface area contributed by atoms with Crippen molar-refractivity contribution in [3.8, 4) is 5.75 Å². The van der Waals surface area contributed by atoms with E-state index in [-0.39, 0.29) is 6.61 Å². The summed E-state index contributed by atoms with van der Waals surface area (Å²) in [5, 5.41) is 10.1. The van der Waals surface area contributed by atoms with Gasteiger partial charge >= 0.3 is 5.97 Å². The molecule has 1 N–H and O–H groups in total. The fourth-order valence-corrected chi connectivity index (χ4v) is 2.63. The number of ether oxygens (including phenoxy) is 1. The molecule has 1 atom stereocenters. The first-order valence-corrected chi connectivity index (χ1v) is 7.59. The number of hydrogen-bond donors (Lipinski definition) is 1. The summed E-state index contributed by atoms with van der Waals surface area (Å²) in [5.74, 6) is -1.38. The molecule has 0 bridgehead atoms. The Balaban J connectivity index is 2.17. The molecule has 0 spiro atoms. The number of carbonyl (C=O) groups is 1. The zero-order chi connectivity index (χ0) is 15.4. The van der Waals surface area contributed by atoms with Crippen molar-refractivity contribution in [3.05, 3.63) is 62.5 Å². The Morgan fingerprint density at radius 2 is 1.86 bits per heavy atom. The smallest absolute Gasteiger partial charge is 0.314 e. The van der Waals surface area contributed by atoms with Gasteiger partial charge in [-0.2, -0.15) is 0 Å². The van der Waals surface area contributed by atoms with Crippen LogP contribution in [0, 0.1) is 0 Å². The lowest BCUT2D eigenvalue weighted by Gasteiger charge is -2.15. The van der Waals surface area contributed by atoms with E-state index in [0.717, 1.165) is 0 Å². The first-order valence-electron chi connectivity index (χ1n) is 6.04. The molecule has 2 rings (SSSR count). The highest BCUT2D eigenvalue weighted by Crippen LogP contribution is 2.34. The van der Waals surface area contributed by atoms with Crippen molar-refractivity contribution < 1.29 is 14.6 Å². The monoisotopic (exact) mass is 388 g/mol. The molecule has 0 amide bonds. The SMILES string of the molecule is O=C(O)C(COc1cc(Cl)c(Br)cc1Cl)c1ccccc1. The minimum atomic E-state index is -0.958. The van der Waals surface area contributed by atoms with Crippen LogP contribution in [0.25, 0.3) is 0 Å². The summed E-state index contributed by atoms with van der Waals surface area (Å²) in [6.45, 7) is -0.0307. The van der Waals surface area contributed by atoms with Gasteiger partial charge in [-0.25, -0.2) is 0 Å². The van der Waals surface area contributed by atoms with Crippen LogP contribution in [0.5, 0.6) is 5.75 Å². The fraction of sp³-hybridized carbons (Fsp3) is 0.133. The van der Waals surface area contributed by atoms with Gasteiger partial charge in [-0.1, -0.05) is 53.5 Å². The molecular weight excluding hydrogens is 379 g/mol. The molecule has 0 aliphatic carbocycles. The fourth-order valence-electron chi connectivity index (χ4n) is 1.78. The van der Waals surface area contributed by atoms with Crippen LogP contribution in [0.4, 0.5) is 0 Å². The minimum Gasteiger partial charge on any atom is -0.491 e. The summed E-state index contributed by atoms with van der Waals surface area (Å²) in [4.78, 5) is 11.4. The summed E-state index contributed by atoms with van der Waals surface area (Å²) in [5.41, 5.74) is 0.671. The summed E-state index contributed by atoms with van der Waals surface area (Å²) in [7, 11) is 0. The van der Waals surface area contributed by atoms with Crippen LogP contribution in [-0.4, -0.2) is 17.7 Å². The molecule has 0 aliphatic rings. The number of carboxylic acids is 1. The van der Waals surface area contributed by atoms with Crippen LogP contribution in [0.3, 0.4) is 0 Å². The average Bonchev–Trinajstić information content (AvgIpc) is 2.45. The summed E-state index contributed by atoms with van der Waals surface area (Å²) in [6, 6.07) is 12.1. The largest absolute Gasteiger partial charge is 0.491 e. The van der Waals surface area contributed by atoms with Gasteiger partial charge in [0.05, 0.1) is 10.0 Å². The maximum Gasteiger partial charge on any atom is 0.314 e. The lowest BCUT2D eigenvalue weighted by atomic mass is 10.0. The Morgan fingerprint density at radius 3 is 2.48 bits per heavy atom. The first-order chi connectivity index (χ1) is 9.99. The van der Waals surface area contributed by atoms with E-state index in [4.69, 9.17) is 27.9 Å². The van der Waals surface area contributed by atoms with Gasteiger partial charge in [-0.15, -0.1) is 0 Å². The van der Waals surface area contributed by atoms with E-state index >= 15 is 0 Å². The Bertz CT molecular complexity index is 647. The summed E-state index contributed by atoms with van der Waals surface area (Å²) in [6.07, 6.45) is 0. The molecule has 3 nitrogen and oxygen atoms in total. The van der Waals surface area contributed by atoms with Crippen LogP contribution in [-0.2, 0) is 4.79 Å². The number of halogens is 3. The number of hydrogen-bond acceptors (Lipinski definition) is 2. The maximum absolute atomic E-state index is 11.4. The van der Waals surface area contributed by atoms with Gasteiger partial charge in [0.15, 0.2) is 0 Å². The quantitative estimate of drug-likeness (QED) is 0.731.